The zero-order valence-corrected chi connectivity index (χ0v) is 12.8. The molecule has 0 saturated carbocycles. The summed E-state index contributed by atoms with van der Waals surface area (Å²) in [4.78, 5) is 23.6. The normalized spacial score (nSPS) is 10.0. The molecule has 0 aliphatic carbocycles. The molecule has 21 heavy (non-hydrogen) atoms. The van der Waals surface area contributed by atoms with Crippen LogP contribution in [0.1, 0.15) is 5.56 Å². The molecule has 0 atom stereocenters. The number of aryl methyl sites for hydroxylation is 1. The van der Waals surface area contributed by atoms with E-state index in [4.69, 9.17) is 0 Å². The van der Waals surface area contributed by atoms with Crippen LogP contribution < -0.4 is 10.6 Å². The number of phenolic OH excluding ortho intramolecular Hbond substituents is 1. The fourth-order valence-electron chi connectivity index (χ4n) is 1.68. The van der Waals surface area contributed by atoms with Crippen LogP contribution in [0.5, 0.6) is 5.75 Å². The van der Waals surface area contributed by atoms with E-state index in [1.807, 2.05) is 6.92 Å². The van der Waals surface area contributed by atoms with Gasteiger partial charge in [-0.25, -0.2) is 0 Å². The quantitative estimate of drug-likeness (QED) is 0.576. The lowest BCUT2D eigenvalue weighted by atomic mass is 10.2. The van der Waals surface area contributed by atoms with E-state index in [1.54, 1.807) is 36.4 Å². The molecule has 2 rings (SSSR count). The zero-order chi connectivity index (χ0) is 15.4. The second-order valence-corrected chi connectivity index (χ2v) is 5.35. The Balaban J connectivity index is 2.06. The van der Waals surface area contributed by atoms with E-state index in [1.165, 1.54) is 6.07 Å². The van der Waals surface area contributed by atoms with Gasteiger partial charge in [-0.3, -0.25) is 9.59 Å². The number of carbonyl (C=O) groups excluding carboxylic acids is 2. The van der Waals surface area contributed by atoms with Crippen molar-refractivity contribution in [1.82, 2.24) is 0 Å². The summed E-state index contributed by atoms with van der Waals surface area (Å²) in [5, 5.41) is 14.5. The van der Waals surface area contributed by atoms with Gasteiger partial charge in [0.25, 0.3) is 0 Å². The second kappa shape index (κ2) is 6.41. The van der Waals surface area contributed by atoms with Crippen LogP contribution in [0.4, 0.5) is 11.4 Å². The third-order valence-corrected chi connectivity index (χ3v) is 3.18. The lowest BCUT2D eigenvalue weighted by Crippen LogP contribution is -2.29. The van der Waals surface area contributed by atoms with E-state index in [0.29, 0.717) is 5.69 Å². The number of hydrogen-bond donors (Lipinski definition) is 3. The Kier molecular flexibility index (Phi) is 4.59. The number of anilines is 2. The van der Waals surface area contributed by atoms with E-state index in [0.717, 1.165) is 10.0 Å². The molecule has 0 saturated heterocycles. The van der Waals surface area contributed by atoms with Crippen molar-refractivity contribution in [1.29, 1.82) is 0 Å². The van der Waals surface area contributed by atoms with Crippen LogP contribution in [0.15, 0.2) is 46.9 Å². The van der Waals surface area contributed by atoms with E-state index in [2.05, 4.69) is 26.6 Å². The van der Waals surface area contributed by atoms with Crippen molar-refractivity contribution < 1.29 is 14.7 Å². The molecule has 0 heterocycles. The highest BCUT2D eigenvalue weighted by Gasteiger charge is 2.15. The summed E-state index contributed by atoms with van der Waals surface area (Å²) >= 11 is 3.28. The highest BCUT2D eigenvalue weighted by atomic mass is 79.9. The maximum Gasteiger partial charge on any atom is 0.314 e. The predicted octanol–water partition coefficient (Wildman–Crippen LogP) is 3.04. The molecule has 3 N–H and O–H groups in total. The van der Waals surface area contributed by atoms with Crippen LogP contribution in [0, 0.1) is 6.92 Å². The number of phenols is 1. The monoisotopic (exact) mass is 348 g/mol. The maximum absolute atomic E-state index is 11.8. The van der Waals surface area contributed by atoms with Crippen LogP contribution in [-0.4, -0.2) is 16.9 Å². The molecule has 5 nitrogen and oxygen atoms in total. The Morgan fingerprint density at radius 3 is 2.48 bits per heavy atom. The van der Waals surface area contributed by atoms with Crippen molar-refractivity contribution in [2.75, 3.05) is 10.6 Å². The first-order chi connectivity index (χ1) is 9.95. The number of hydrogen-bond acceptors (Lipinski definition) is 3. The summed E-state index contributed by atoms with van der Waals surface area (Å²) in [6.07, 6.45) is 0. The lowest BCUT2D eigenvalue weighted by molar-refractivity contribution is -0.133. The molecular weight excluding hydrogens is 336 g/mol. The number of amides is 2. The van der Waals surface area contributed by atoms with Crippen molar-refractivity contribution in [2.24, 2.45) is 0 Å². The molecule has 2 aromatic carbocycles. The molecule has 108 valence electrons. The van der Waals surface area contributed by atoms with Crippen LogP contribution in [-0.2, 0) is 9.59 Å². The molecule has 2 amide bonds. The standard InChI is InChI=1S/C15H13BrN2O3/c1-9-5-6-13(19)12(7-9)18-15(21)14(20)17-11-4-2-3-10(16)8-11/h2-8,19H,1H3,(H,17,20)(H,18,21). The third kappa shape index (κ3) is 4.06. The van der Waals surface area contributed by atoms with Gasteiger partial charge in [0.15, 0.2) is 0 Å². The number of rotatable bonds is 2. The largest absolute Gasteiger partial charge is 0.506 e. The molecule has 0 unspecified atom stereocenters. The van der Waals surface area contributed by atoms with Crippen molar-refractivity contribution in [3.63, 3.8) is 0 Å². The van der Waals surface area contributed by atoms with E-state index in [-0.39, 0.29) is 11.4 Å². The van der Waals surface area contributed by atoms with Gasteiger partial charge in [0, 0.05) is 10.2 Å². The molecule has 0 bridgehead atoms. The van der Waals surface area contributed by atoms with E-state index < -0.39 is 11.8 Å². The summed E-state index contributed by atoms with van der Waals surface area (Å²) < 4.78 is 0.789. The summed E-state index contributed by atoms with van der Waals surface area (Å²) in [5.41, 5.74) is 1.55. The fourth-order valence-corrected chi connectivity index (χ4v) is 2.08. The summed E-state index contributed by atoms with van der Waals surface area (Å²) in [6, 6.07) is 11.6. The topological polar surface area (TPSA) is 78.4 Å². The first-order valence-electron chi connectivity index (χ1n) is 6.13. The first kappa shape index (κ1) is 15.1. The van der Waals surface area contributed by atoms with Crippen molar-refractivity contribution in [3.05, 3.63) is 52.5 Å². The molecule has 0 aromatic heterocycles. The zero-order valence-electron chi connectivity index (χ0n) is 11.2. The molecule has 0 aliphatic rings. The predicted molar refractivity (Wildman–Crippen MR) is 84.2 cm³/mol. The van der Waals surface area contributed by atoms with E-state index in [9.17, 15) is 14.7 Å². The number of halogens is 1. The fraction of sp³-hybridized carbons (Fsp3) is 0.0667. The third-order valence-electron chi connectivity index (χ3n) is 2.69. The Labute approximate surface area is 130 Å². The van der Waals surface area contributed by atoms with Crippen LogP contribution >= 0.6 is 15.9 Å². The highest BCUT2D eigenvalue weighted by Crippen LogP contribution is 2.23. The van der Waals surface area contributed by atoms with Gasteiger partial charge in [-0.2, -0.15) is 0 Å². The van der Waals surface area contributed by atoms with Gasteiger partial charge in [-0.1, -0.05) is 28.1 Å². The highest BCUT2D eigenvalue weighted by molar-refractivity contribution is 9.10. The van der Waals surface area contributed by atoms with Gasteiger partial charge >= 0.3 is 11.8 Å². The smallest absolute Gasteiger partial charge is 0.314 e. The van der Waals surface area contributed by atoms with Crippen molar-refractivity contribution >= 4 is 39.1 Å². The van der Waals surface area contributed by atoms with Gasteiger partial charge in [-0.05, 0) is 42.8 Å². The van der Waals surface area contributed by atoms with Gasteiger partial charge in [0.1, 0.15) is 5.75 Å². The second-order valence-electron chi connectivity index (χ2n) is 4.44. The number of aromatic hydroxyl groups is 1. The molecular formula is C15H13BrN2O3. The van der Waals surface area contributed by atoms with Gasteiger partial charge < -0.3 is 15.7 Å². The molecule has 2 aromatic rings. The van der Waals surface area contributed by atoms with Gasteiger partial charge in [-0.15, -0.1) is 0 Å². The molecule has 0 fully saturated rings. The van der Waals surface area contributed by atoms with Crippen LogP contribution in [0.3, 0.4) is 0 Å². The van der Waals surface area contributed by atoms with Crippen molar-refractivity contribution in [3.8, 4) is 5.75 Å². The van der Waals surface area contributed by atoms with Crippen LogP contribution in [0.25, 0.3) is 0 Å². The number of carbonyl (C=O) groups is 2. The molecule has 0 spiro atoms. The van der Waals surface area contributed by atoms with Crippen molar-refractivity contribution in [2.45, 2.75) is 6.92 Å². The Morgan fingerprint density at radius 1 is 1.05 bits per heavy atom. The first-order valence-corrected chi connectivity index (χ1v) is 6.92. The average Bonchev–Trinajstić information content (AvgIpc) is 2.43. The maximum atomic E-state index is 11.8. The SMILES string of the molecule is Cc1ccc(O)c(NC(=O)C(=O)Nc2cccc(Br)c2)c1. The minimum atomic E-state index is -0.851. The summed E-state index contributed by atoms with van der Waals surface area (Å²) in [6.45, 7) is 1.82. The molecule has 0 aliphatic heterocycles. The molecule has 6 heteroatoms. The Morgan fingerprint density at radius 2 is 1.76 bits per heavy atom. The van der Waals surface area contributed by atoms with Gasteiger partial charge in [0.05, 0.1) is 5.69 Å². The lowest BCUT2D eigenvalue weighted by Gasteiger charge is -2.09. The van der Waals surface area contributed by atoms with Gasteiger partial charge in [0.2, 0.25) is 0 Å². The minimum Gasteiger partial charge on any atom is -0.506 e. The van der Waals surface area contributed by atoms with E-state index >= 15 is 0 Å². The number of nitrogens with one attached hydrogen (secondary N) is 2. The summed E-state index contributed by atoms with van der Waals surface area (Å²) in [5.74, 6) is -1.76. The number of benzene rings is 2. The average molecular weight is 349 g/mol. The Hall–Kier alpha value is -2.34. The Bertz CT molecular complexity index is 701. The molecule has 0 radical (unpaired) electrons. The minimum absolute atomic E-state index is 0.0933. The summed E-state index contributed by atoms with van der Waals surface area (Å²) in [7, 11) is 0. The van der Waals surface area contributed by atoms with Crippen LogP contribution in [0.2, 0.25) is 0 Å².